The third-order valence-electron chi connectivity index (χ3n) is 5.12. The van der Waals surface area contributed by atoms with Gasteiger partial charge in [-0.3, -0.25) is 9.59 Å². The van der Waals surface area contributed by atoms with Crippen LogP contribution >= 0.6 is 0 Å². The van der Waals surface area contributed by atoms with E-state index in [2.05, 4.69) is 10.6 Å². The molecule has 0 aliphatic carbocycles. The van der Waals surface area contributed by atoms with Gasteiger partial charge < -0.3 is 20.1 Å². The van der Waals surface area contributed by atoms with Crippen LogP contribution in [0, 0.1) is 11.3 Å². The zero-order chi connectivity index (χ0) is 22.8. The van der Waals surface area contributed by atoms with Crippen molar-refractivity contribution in [1.82, 2.24) is 10.6 Å². The molecule has 7 nitrogen and oxygen atoms in total. The first-order chi connectivity index (χ1) is 15.5. The number of nitriles is 1. The number of benzene rings is 2. The molecule has 32 heavy (non-hydrogen) atoms. The second kappa shape index (κ2) is 11.7. The first-order valence-electron chi connectivity index (χ1n) is 10.6. The minimum atomic E-state index is -0.438. The molecule has 3 rings (SSSR count). The van der Waals surface area contributed by atoms with Crippen molar-refractivity contribution in [3.8, 4) is 11.8 Å². The van der Waals surface area contributed by atoms with Crippen LogP contribution in [0.1, 0.15) is 36.9 Å². The van der Waals surface area contributed by atoms with E-state index in [-0.39, 0.29) is 30.2 Å². The summed E-state index contributed by atoms with van der Waals surface area (Å²) < 4.78 is 11.0. The maximum absolute atomic E-state index is 12.5. The summed E-state index contributed by atoms with van der Waals surface area (Å²) in [6.07, 6.45) is 3.60. The van der Waals surface area contributed by atoms with Gasteiger partial charge in [0, 0.05) is 13.2 Å². The van der Waals surface area contributed by atoms with E-state index >= 15 is 0 Å². The predicted octanol–water partition coefficient (Wildman–Crippen LogP) is 3.14. The summed E-state index contributed by atoms with van der Waals surface area (Å²) in [6, 6.07) is 18.1. The highest BCUT2D eigenvalue weighted by molar-refractivity contribution is 6.01. The molecule has 1 heterocycles. The summed E-state index contributed by atoms with van der Waals surface area (Å²) in [6.45, 7) is 3.02. The topological polar surface area (TPSA) is 100 Å². The van der Waals surface area contributed by atoms with Crippen LogP contribution in [0.25, 0.3) is 6.08 Å². The summed E-state index contributed by atoms with van der Waals surface area (Å²) in [5.41, 5.74) is 1.65. The van der Waals surface area contributed by atoms with Gasteiger partial charge in [0.2, 0.25) is 0 Å². The molecule has 1 aliphatic heterocycles. The number of hydrogen-bond donors (Lipinski definition) is 2. The zero-order valence-corrected chi connectivity index (χ0v) is 18.0. The van der Waals surface area contributed by atoms with Gasteiger partial charge in [0.25, 0.3) is 11.8 Å². The van der Waals surface area contributed by atoms with Gasteiger partial charge in [-0.05, 0) is 49.1 Å². The molecule has 2 aromatic carbocycles. The van der Waals surface area contributed by atoms with Gasteiger partial charge in [0.1, 0.15) is 17.4 Å². The number of nitrogens with zero attached hydrogens (tertiary/aromatic N) is 1. The van der Waals surface area contributed by atoms with Crippen LogP contribution in [0.2, 0.25) is 0 Å². The monoisotopic (exact) mass is 433 g/mol. The molecular formula is C25H27N3O4. The van der Waals surface area contributed by atoms with Crippen LogP contribution in [-0.2, 0) is 14.3 Å². The van der Waals surface area contributed by atoms with Gasteiger partial charge in [0.15, 0.2) is 6.61 Å². The molecule has 166 valence electrons. The molecule has 1 saturated heterocycles. The van der Waals surface area contributed by atoms with Gasteiger partial charge >= 0.3 is 0 Å². The Balaban J connectivity index is 1.50. The van der Waals surface area contributed by atoms with Gasteiger partial charge in [0.05, 0.1) is 12.1 Å². The molecule has 2 N–H and O–H groups in total. The van der Waals surface area contributed by atoms with E-state index in [9.17, 15) is 14.9 Å². The first kappa shape index (κ1) is 23.0. The Labute approximate surface area is 188 Å². The van der Waals surface area contributed by atoms with Crippen molar-refractivity contribution in [2.45, 2.75) is 31.9 Å². The van der Waals surface area contributed by atoms with Gasteiger partial charge in [-0.25, -0.2) is 0 Å². The van der Waals surface area contributed by atoms with Crippen molar-refractivity contribution in [3.05, 3.63) is 71.3 Å². The molecular weight excluding hydrogens is 406 g/mol. The van der Waals surface area contributed by atoms with Crippen molar-refractivity contribution >= 4 is 17.9 Å². The summed E-state index contributed by atoms with van der Waals surface area (Å²) >= 11 is 0. The second-order valence-corrected chi connectivity index (χ2v) is 7.57. The molecule has 0 saturated carbocycles. The van der Waals surface area contributed by atoms with Crippen LogP contribution in [0.4, 0.5) is 0 Å². The molecule has 1 fully saturated rings. The first-order valence-corrected chi connectivity index (χ1v) is 10.6. The van der Waals surface area contributed by atoms with Gasteiger partial charge in [-0.1, -0.05) is 42.5 Å². The molecule has 7 heteroatoms. The average Bonchev–Trinajstić information content (AvgIpc) is 3.35. The molecule has 0 spiro atoms. The minimum Gasteiger partial charge on any atom is -0.484 e. The van der Waals surface area contributed by atoms with Crippen LogP contribution in [0.15, 0.2) is 60.2 Å². The lowest BCUT2D eigenvalue weighted by Crippen LogP contribution is -2.35. The maximum atomic E-state index is 12.5. The van der Waals surface area contributed by atoms with Crippen LogP contribution in [-0.4, -0.2) is 37.7 Å². The molecule has 1 aliphatic rings. The normalized spacial score (nSPS) is 16.6. The Kier molecular flexibility index (Phi) is 8.41. The number of ether oxygens (including phenoxy) is 2. The molecule has 2 aromatic rings. The number of hydrogen-bond acceptors (Lipinski definition) is 5. The van der Waals surface area contributed by atoms with E-state index in [1.807, 2.05) is 43.3 Å². The molecule has 0 radical (unpaired) electrons. The number of carbonyl (C=O) groups excluding carboxylic acids is 2. The third kappa shape index (κ3) is 6.96. The fourth-order valence-corrected chi connectivity index (χ4v) is 3.31. The molecule has 0 bridgehead atoms. The van der Waals surface area contributed by atoms with Crippen molar-refractivity contribution in [2.24, 2.45) is 0 Å². The van der Waals surface area contributed by atoms with E-state index in [0.29, 0.717) is 17.9 Å². The van der Waals surface area contributed by atoms with Crippen LogP contribution < -0.4 is 15.4 Å². The Morgan fingerprint density at radius 2 is 1.97 bits per heavy atom. The quantitative estimate of drug-likeness (QED) is 0.467. The lowest BCUT2D eigenvalue weighted by atomic mass is 10.1. The Hall–Kier alpha value is -3.63. The maximum Gasteiger partial charge on any atom is 0.262 e. The summed E-state index contributed by atoms with van der Waals surface area (Å²) in [4.78, 5) is 24.4. The number of amides is 2. The van der Waals surface area contributed by atoms with Crippen molar-refractivity contribution in [1.29, 1.82) is 5.26 Å². The minimum absolute atomic E-state index is 0.00922. The van der Waals surface area contributed by atoms with E-state index in [1.54, 1.807) is 24.3 Å². The lowest BCUT2D eigenvalue weighted by molar-refractivity contribution is -0.123. The number of carbonyl (C=O) groups is 2. The van der Waals surface area contributed by atoms with Crippen molar-refractivity contribution in [3.63, 3.8) is 0 Å². The summed E-state index contributed by atoms with van der Waals surface area (Å²) in [7, 11) is 0. The lowest BCUT2D eigenvalue weighted by Gasteiger charge is -2.13. The Bertz CT molecular complexity index is 974. The molecule has 2 amide bonds. The molecule has 0 unspecified atom stereocenters. The standard InChI is InChI=1S/C25H27N3O4/c1-18(20-6-3-2-4-7-20)28-25(30)21(15-26)14-19-9-11-22(12-10-19)32-17-24(29)27-16-23-8-5-13-31-23/h2-4,6-7,9-12,14,18,23H,5,8,13,16-17H2,1H3,(H,27,29)(H,28,30)/b21-14+/t18-,23+/m1/s1. The van der Waals surface area contributed by atoms with E-state index < -0.39 is 5.91 Å². The molecule has 2 atom stereocenters. The zero-order valence-electron chi connectivity index (χ0n) is 18.0. The highest BCUT2D eigenvalue weighted by atomic mass is 16.5. The fourth-order valence-electron chi connectivity index (χ4n) is 3.31. The van der Waals surface area contributed by atoms with E-state index in [4.69, 9.17) is 9.47 Å². The SMILES string of the molecule is C[C@@H](NC(=O)/C(C#N)=C/c1ccc(OCC(=O)NC[C@@H]2CCCO2)cc1)c1ccccc1. The van der Waals surface area contributed by atoms with E-state index in [0.717, 1.165) is 25.0 Å². The highest BCUT2D eigenvalue weighted by Crippen LogP contribution is 2.16. The second-order valence-electron chi connectivity index (χ2n) is 7.57. The predicted molar refractivity (Wildman–Crippen MR) is 121 cm³/mol. The summed E-state index contributed by atoms with van der Waals surface area (Å²) in [5, 5.41) is 15.0. The Morgan fingerprint density at radius 1 is 1.22 bits per heavy atom. The van der Waals surface area contributed by atoms with Gasteiger partial charge in [-0.2, -0.15) is 5.26 Å². The average molecular weight is 434 g/mol. The largest absolute Gasteiger partial charge is 0.484 e. The molecule has 0 aromatic heterocycles. The number of rotatable bonds is 9. The van der Waals surface area contributed by atoms with Crippen LogP contribution in [0.3, 0.4) is 0 Å². The van der Waals surface area contributed by atoms with Crippen molar-refractivity contribution in [2.75, 3.05) is 19.8 Å². The van der Waals surface area contributed by atoms with E-state index in [1.165, 1.54) is 6.08 Å². The van der Waals surface area contributed by atoms with Crippen LogP contribution in [0.5, 0.6) is 5.75 Å². The third-order valence-corrected chi connectivity index (χ3v) is 5.12. The smallest absolute Gasteiger partial charge is 0.262 e. The Morgan fingerprint density at radius 3 is 2.62 bits per heavy atom. The van der Waals surface area contributed by atoms with Gasteiger partial charge in [-0.15, -0.1) is 0 Å². The highest BCUT2D eigenvalue weighted by Gasteiger charge is 2.16. The number of nitrogens with one attached hydrogen (secondary N) is 2. The van der Waals surface area contributed by atoms with Crippen molar-refractivity contribution < 1.29 is 19.1 Å². The fraction of sp³-hybridized carbons (Fsp3) is 0.320. The summed E-state index contributed by atoms with van der Waals surface area (Å²) in [5.74, 6) is -0.123.